The number of pyridine rings is 1. The van der Waals surface area contributed by atoms with Gasteiger partial charge >= 0.3 is 6.09 Å². The summed E-state index contributed by atoms with van der Waals surface area (Å²) in [5, 5.41) is 1.41. The Morgan fingerprint density at radius 2 is 1.85 bits per heavy atom. The number of aryl methyl sites for hydroxylation is 1. The first-order valence-electron chi connectivity index (χ1n) is 11.3. The minimum Gasteiger partial charge on any atom is -0.449 e. The minimum atomic E-state index is -0.305. The highest BCUT2D eigenvalue weighted by Crippen LogP contribution is 2.29. The van der Waals surface area contributed by atoms with Crippen LogP contribution < -0.4 is 0 Å². The third kappa shape index (κ3) is 5.14. The number of ether oxygens (including phenoxy) is 1. The first kappa shape index (κ1) is 23.1. The largest absolute Gasteiger partial charge is 0.449 e. The maximum absolute atomic E-state index is 13.1. The van der Waals surface area contributed by atoms with E-state index in [9.17, 15) is 9.59 Å². The lowest BCUT2D eigenvalue weighted by Crippen LogP contribution is -2.50. The van der Waals surface area contributed by atoms with E-state index in [1.165, 1.54) is 0 Å². The highest BCUT2D eigenvalue weighted by atomic mass is 35.5. The van der Waals surface area contributed by atoms with Crippen LogP contribution in [0.5, 0.6) is 0 Å². The van der Waals surface area contributed by atoms with E-state index >= 15 is 0 Å². The molecule has 2 amide bonds. The zero-order valence-electron chi connectivity index (χ0n) is 19.3. The third-order valence-electron chi connectivity index (χ3n) is 6.15. The third-order valence-corrected chi connectivity index (χ3v) is 6.46. The van der Waals surface area contributed by atoms with Crippen molar-refractivity contribution in [1.82, 2.24) is 19.4 Å². The Balaban J connectivity index is 1.45. The van der Waals surface area contributed by atoms with Crippen molar-refractivity contribution < 1.29 is 14.3 Å². The molecule has 33 heavy (non-hydrogen) atoms. The molecule has 7 nitrogen and oxygen atoms in total. The van der Waals surface area contributed by atoms with Crippen LogP contribution in [0.3, 0.4) is 0 Å². The van der Waals surface area contributed by atoms with Crippen LogP contribution in [-0.2, 0) is 11.8 Å². The lowest BCUT2D eigenvalue weighted by molar-refractivity contribution is 0.0527. The van der Waals surface area contributed by atoms with Crippen LogP contribution in [0, 0.1) is 5.92 Å². The smallest absolute Gasteiger partial charge is 0.409 e. The van der Waals surface area contributed by atoms with Crippen LogP contribution in [0.2, 0.25) is 5.02 Å². The normalized spacial score (nSPS) is 15.0. The summed E-state index contributed by atoms with van der Waals surface area (Å²) in [6.07, 6.45) is 4.59. The predicted octanol–water partition coefficient (Wildman–Crippen LogP) is 4.83. The number of aromatic nitrogens is 2. The number of hydrogen-bond donors (Lipinski definition) is 0. The topological polar surface area (TPSA) is 67.7 Å². The lowest BCUT2D eigenvalue weighted by atomic mass is 10.1. The molecule has 4 rings (SSSR count). The van der Waals surface area contributed by atoms with Crippen LogP contribution in [0.15, 0.2) is 42.7 Å². The van der Waals surface area contributed by atoms with Gasteiger partial charge in [-0.1, -0.05) is 37.9 Å². The van der Waals surface area contributed by atoms with Crippen molar-refractivity contribution in [3.8, 4) is 11.3 Å². The van der Waals surface area contributed by atoms with Gasteiger partial charge in [-0.2, -0.15) is 0 Å². The molecule has 174 valence electrons. The first-order valence-corrected chi connectivity index (χ1v) is 11.7. The number of nitrogens with zero attached hydrogens (tertiary/aromatic N) is 4. The number of amides is 2. The number of benzene rings is 1. The zero-order valence-corrected chi connectivity index (χ0v) is 20.0. The lowest BCUT2D eigenvalue weighted by Gasteiger charge is -2.34. The van der Waals surface area contributed by atoms with Crippen molar-refractivity contribution in [2.24, 2.45) is 13.0 Å². The van der Waals surface area contributed by atoms with Gasteiger partial charge in [0.05, 0.1) is 22.8 Å². The molecule has 1 unspecified atom stereocenters. The molecule has 3 aromatic rings. The number of rotatable bonds is 5. The van der Waals surface area contributed by atoms with E-state index in [2.05, 4.69) is 13.8 Å². The molecular formula is C25H29ClN4O3. The Morgan fingerprint density at radius 1 is 1.12 bits per heavy atom. The van der Waals surface area contributed by atoms with Crippen molar-refractivity contribution in [3.05, 3.63) is 53.3 Å². The van der Waals surface area contributed by atoms with Gasteiger partial charge < -0.3 is 19.1 Å². The summed E-state index contributed by atoms with van der Waals surface area (Å²) in [6, 6.07) is 9.25. The fraction of sp³-hybridized carbons (Fsp3) is 0.400. The Kier molecular flexibility index (Phi) is 6.88. The van der Waals surface area contributed by atoms with Crippen molar-refractivity contribution in [3.63, 3.8) is 0 Å². The Morgan fingerprint density at radius 3 is 2.52 bits per heavy atom. The summed E-state index contributed by atoms with van der Waals surface area (Å²) in [4.78, 5) is 33.6. The molecular weight excluding hydrogens is 440 g/mol. The summed E-state index contributed by atoms with van der Waals surface area (Å²) < 4.78 is 7.34. The number of carbonyl (C=O) groups is 2. The van der Waals surface area contributed by atoms with Crippen LogP contribution in [-0.4, -0.2) is 64.1 Å². The van der Waals surface area contributed by atoms with Gasteiger partial charge in [0.2, 0.25) is 0 Å². The molecule has 0 spiro atoms. The van der Waals surface area contributed by atoms with Crippen LogP contribution in [0.25, 0.3) is 22.2 Å². The summed E-state index contributed by atoms with van der Waals surface area (Å²) in [5.41, 5.74) is 2.97. The van der Waals surface area contributed by atoms with E-state index in [0.717, 1.165) is 23.1 Å². The highest BCUT2D eigenvalue weighted by Gasteiger charge is 2.26. The van der Waals surface area contributed by atoms with Crippen LogP contribution in [0.4, 0.5) is 4.79 Å². The van der Waals surface area contributed by atoms with Crippen LogP contribution in [0.1, 0.15) is 30.6 Å². The number of carbonyl (C=O) groups excluding carboxylic acids is 2. The Hall–Kier alpha value is -3.06. The molecule has 0 N–H and O–H groups in total. The summed E-state index contributed by atoms with van der Waals surface area (Å²) in [7, 11) is 1.95. The molecule has 0 radical (unpaired) electrons. The molecule has 1 saturated heterocycles. The average molecular weight is 469 g/mol. The molecule has 0 bridgehead atoms. The zero-order chi connectivity index (χ0) is 23.5. The highest BCUT2D eigenvalue weighted by molar-refractivity contribution is 6.35. The van der Waals surface area contributed by atoms with E-state index in [-0.39, 0.29) is 12.0 Å². The number of piperazine rings is 1. The van der Waals surface area contributed by atoms with Crippen molar-refractivity contribution in [1.29, 1.82) is 0 Å². The van der Waals surface area contributed by atoms with Gasteiger partial charge in [-0.05, 0) is 30.2 Å². The molecule has 1 fully saturated rings. The molecule has 0 aliphatic carbocycles. The molecule has 1 aromatic carbocycles. The van der Waals surface area contributed by atoms with Crippen molar-refractivity contribution in [2.45, 2.75) is 20.3 Å². The molecule has 1 aliphatic rings. The maximum Gasteiger partial charge on any atom is 0.409 e. The van der Waals surface area contributed by atoms with Gasteiger partial charge in [0.15, 0.2) is 0 Å². The molecule has 1 aliphatic heterocycles. The van der Waals surface area contributed by atoms with E-state index in [1.54, 1.807) is 21.9 Å². The second-order valence-electron chi connectivity index (χ2n) is 8.66. The quantitative estimate of drug-likeness (QED) is 0.537. The van der Waals surface area contributed by atoms with Gasteiger partial charge in [0.1, 0.15) is 0 Å². The van der Waals surface area contributed by atoms with E-state index in [4.69, 9.17) is 21.3 Å². The van der Waals surface area contributed by atoms with Gasteiger partial charge in [-0.3, -0.25) is 4.79 Å². The fourth-order valence-electron chi connectivity index (χ4n) is 3.82. The maximum atomic E-state index is 13.1. The molecule has 8 heteroatoms. The Labute approximate surface area is 198 Å². The molecule has 0 saturated carbocycles. The summed E-state index contributed by atoms with van der Waals surface area (Å²) >= 11 is 6.51. The monoisotopic (exact) mass is 468 g/mol. The van der Waals surface area contributed by atoms with E-state index < -0.39 is 0 Å². The van der Waals surface area contributed by atoms with E-state index in [0.29, 0.717) is 54.8 Å². The second-order valence-corrected chi connectivity index (χ2v) is 9.06. The first-order chi connectivity index (χ1) is 15.9. The van der Waals surface area contributed by atoms with Crippen LogP contribution >= 0.6 is 11.6 Å². The minimum absolute atomic E-state index is 0.0763. The second kappa shape index (κ2) is 9.83. The standard InChI is InChI=1S/C25H29ClN4O3/c1-4-17(2)16-33-25(32)30-11-9-29(10-12-30)24(31)18-5-6-20-21(26)14-22(27-23(20)13-18)19-7-8-28(3)15-19/h5-8,13-15,17H,4,9-12,16H2,1-3H3. The number of fused-ring (bicyclic) bond motifs is 1. The summed E-state index contributed by atoms with van der Waals surface area (Å²) in [5.74, 6) is 0.266. The van der Waals surface area contributed by atoms with E-state index in [1.807, 2.05) is 42.2 Å². The molecule has 3 heterocycles. The Bertz CT molecular complexity index is 1170. The van der Waals surface area contributed by atoms with Gasteiger partial charge in [-0.25, -0.2) is 9.78 Å². The fourth-order valence-corrected chi connectivity index (χ4v) is 4.08. The predicted molar refractivity (Wildman–Crippen MR) is 129 cm³/mol. The average Bonchev–Trinajstić information content (AvgIpc) is 3.27. The van der Waals surface area contributed by atoms with Crippen molar-refractivity contribution >= 4 is 34.5 Å². The van der Waals surface area contributed by atoms with Gasteiger partial charge in [0, 0.05) is 62.1 Å². The van der Waals surface area contributed by atoms with Gasteiger partial charge in [0.25, 0.3) is 5.91 Å². The molecule has 1 atom stereocenters. The number of halogens is 1. The summed E-state index contributed by atoms with van der Waals surface area (Å²) in [6.45, 7) is 6.40. The van der Waals surface area contributed by atoms with Gasteiger partial charge in [-0.15, -0.1) is 0 Å². The van der Waals surface area contributed by atoms with Crippen molar-refractivity contribution in [2.75, 3.05) is 32.8 Å². The number of hydrogen-bond acceptors (Lipinski definition) is 4. The SMILES string of the molecule is CCC(C)COC(=O)N1CCN(C(=O)c2ccc3c(Cl)cc(-c4ccn(C)c4)nc3c2)CC1. The molecule has 2 aromatic heterocycles.